The monoisotopic (exact) mass is 328 g/mol. The van der Waals surface area contributed by atoms with E-state index >= 15 is 0 Å². The molecule has 0 aromatic carbocycles. The molecule has 128 valence electrons. The lowest BCUT2D eigenvalue weighted by Gasteiger charge is -2.17. The summed E-state index contributed by atoms with van der Waals surface area (Å²) in [6, 6.07) is 7.37. The highest BCUT2D eigenvalue weighted by atomic mass is 16.3. The zero-order valence-electron chi connectivity index (χ0n) is 14.2. The van der Waals surface area contributed by atoms with Gasteiger partial charge in [-0.3, -0.25) is 0 Å². The SMILES string of the molecule is Cc1ccc([C@H](C)NC(=O)NCc2ccnc(N3CCCC3)c2)o1. The number of anilines is 1. The molecule has 2 aromatic rings. The maximum Gasteiger partial charge on any atom is 0.315 e. The van der Waals surface area contributed by atoms with E-state index in [1.807, 2.05) is 38.1 Å². The van der Waals surface area contributed by atoms with Gasteiger partial charge in [-0.05, 0) is 56.5 Å². The van der Waals surface area contributed by atoms with Gasteiger partial charge in [0.2, 0.25) is 0 Å². The molecular weight excluding hydrogens is 304 g/mol. The lowest BCUT2D eigenvalue weighted by atomic mass is 10.2. The van der Waals surface area contributed by atoms with Gasteiger partial charge in [0, 0.05) is 25.8 Å². The number of rotatable bonds is 5. The predicted molar refractivity (Wildman–Crippen MR) is 92.9 cm³/mol. The Bertz CT molecular complexity index is 692. The standard InChI is InChI=1S/C18H24N4O2/c1-13-5-6-16(24-13)14(2)21-18(23)20-12-15-7-8-19-17(11-15)22-9-3-4-10-22/h5-8,11,14H,3-4,9-10,12H2,1-2H3,(H2,20,21,23)/t14-/m0/s1. The number of aromatic nitrogens is 1. The summed E-state index contributed by atoms with van der Waals surface area (Å²) in [4.78, 5) is 18.8. The van der Waals surface area contributed by atoms with Gasteiger partial charge in [-0.2, -0.15) is 0 Å². The fraction of sp³-hybridized carbons (Fsp3) is 0.444. The van der Waals surface area contributed by atoms with Crippen LogP contribution < -0.4 is 15.5 Å². The second kappa shape index (κ2) is 7.38. The Kier molecular flexibility index (Phi) is 5.03. The molecule has 6 heteroatoms. The van der Waals surface area contributed by atoms with E-state index in [-0.39, 0.29) is 12.1 Å². The maximum atomic E-state index is 12.1. The van der Waals surface area contributed by atoms with E-state index in [0.29, 0.717) is 6.54 Å². The normalized spacial score (nSPS) is 15.3. The molecule has 2 amide bonds. The molecule has 0 saturated carbocycles. The lowest BCUT2D eigenvalue weighted by Crippen LogP contribution is -2.36. The molecule has 3 heterocycles. The van der Waals surface area contributed by atoms with E-state index in [1.165, 1.54) is 12.8 Å². The minimum Gasteiger partial charge on any atom is -0.464 e. The molecule has 1 aliphatic heterocycles. The first-order chi connectivity index (χ1) is 11.6. The summed E-state index contributed by atoms with van der Waals surface area (Å²) in [5.41, 5.74) is 1.04. The fourth-order valence-corrected chi connectivity index (χ4v) is 2.88. The van der Waals surface area contributed by atoms with Crippen LogP contribution in [0.25, 0.3) is 0 Å². The van der Waals surface area contributed by atoms with Crippen molar-refractivity contribution in [2.45, 2.75) is 39.3 Å². The number of nitrogens with one attached hydrogen (secondary N) is 2. The number of hydrogen-bond donors (Lipinski definition) is 2. The number of aryl methyl sites for hydroxylation is 1. The average Bonchev–Trinajstić information content (AvgIpc) is 3.25. The van der Waals surface area contributed by atoms with Crippen LogP contribution in [0.1, 0.15) is 42.9 Å². The second-order valence-electron chi connectivity index (χ2n) is 6.21. The number of carbonyl (C=O) groups is 1. The Morgan fingerprint density at radius 1 is 1.33 bits per heavy atom. The van der Waals surface area contributed by atoms with Crippen LogP contribution in [0, 0.1) is 6.92 Å². The highest BCUT2D eigenvalue weighted by Crippen LogP contribution is 2.18. The Morgan fingerprint density at radius 2 is 2.12 bits per heavy atom. The highest BCUT2D eigenvalue weighted by molar-refractivity contribution is 5.74. The van der Waals surface area contributed by atoms with Crippen LogP contribution in [0.2, 0.25) is 0 Å². The summed E-state index contributed by atoms with van der Waals surface area (Å²) in [5, 5.41) is 5.77. The molecule has 0 bridgehead atoms. The molecule has 1 atom stereocenters. The van der Waals surface area contributed by atoms with Crippen molar-refractivity contribution in [2.24, 2.45) is 0 Å². The van der Waals surface area contributed by atoms with Crippen LogP contribution in [-0.2, 0) is 6.54 Å². The van der Waals surface area contributed by atoms with Crippen molar-refractivity contribution in [3.05, 3.63) is 47.5 Å². The third kappa shape index (κ3) is 4.07. The summed E-state index contributed by atoms with van der Waals surface area (Å²) >= 11 is 0. The number of pyridine rings is 1. The molecule has 2 N–H and O–H groups in total. The van der Waals surface area contributed by atoms with E-state index in [2.05, 4.69) is 20.5 Å². The molecule has 2 aromatic heterocycles. The summed E-state index contributed by atoms with van der Waals surface area (Å²) in [5.74, 6) is 2.58. The Balaban J connectivity index is 1.51. The number of nitrogens with zero attached hydrogens (tertiary/aromatic N) is 2. The summed E-state index contributed by atoms with van der Waals surface area (Å²) in [6.07, 6.45) is 4.24. The molecule has 1 saturated heterocycles. The minimum absolute atomic E-state index is 0.170. The third-order valence-corrected chi connectivity index (χ3v) is 4.23. The number of furan rings is 1. The Morgan fingerprint density at radius 3 is 2.83 bits per heavy atom. The van der Waals surface area contributed by atoms with E-state index in [9.17, 15) is 4.79 Å². The number of urea groups is 1. The largest absolute Gasteiger partial charge is 0.464 e. The van der Waals surface area contributed by atoms with Crippen molar-refractivity contribution in [2.75, 3.05) is 18.0 Å². The molecule has 0 spiro atoms. The van der Waals surface area contributed by atoms with E-state index in [4.69, 9.17) is 4.42 Å². The molecule has 0 aliphatic carbocycles. The molecule has 3 rings (SSSR count). The van der Waals surface area contributed by atoms with E-state index < -0.39 is 0 Å². The second-order valence-corrected chi connectivity index (χ2v) is 6.21. The van der Waals surface area contributed by atoms with Crippen molar-refractivity contribution in [1.29, 1.82) is 0 Å². The quantitative estimate of drug-likeness (QED) is 0.884. The smallest absolute Gasteiger partial charge is 0.315 e. The van der Waals surface area contributed by atoms with Crippen LogP contribution in [0.3, 0.4) is 0 Å². The number of amides is 2. The molecule has 0 radical (unpaired) electrons. The Hall–Kier alpha value is -2.50. The molecule has 1 fully saturated rings. The van der Waals surface area contributed by atoms with Gasteiger partial charge in [-0.15, -0.1) is 0 Å². The Labute approximate surface area is 142 Å². The van der Waals surface area contributed by atoms with Crippen LogP contribution >= 0.6 is 0 Å². The van der Waals surface area contributed by atoms with Gasteiger partial charge in [0.1, 0.15) is 17.3 Å². The predicted octanol–water partition coefficient (Wildman–Crippen LogP) is 3.14. The van der Waals surface area contributed by atoms with Crippen LogP contribution in [0.5, 0.6) is 0 Å². The van der Waals surface area contributed by atoms with Crippen molar-refractivity contribution in [1.82, 2.24) is 15.6 Å². The summed E-state index contributed by atoms with van der Waals surface area (Å²) in [6.45, 7) is 6.38. The fourth-order valence-electron chi connectivity index (χ4n) is 2.88. The molecule has 6 nitrogen and oxygen atoms in total. The number of carbonyl (C=O) groups excluding carboxylic acids is 1. The van der Waals surface area contributed by atoms with Gasteiger partial charge >= 0.3 is 6.03 Å². The van der Waals surface area contributed by atoms with Gasteiger partial charge in [0.25, 0.3) is 0 Å². The molecule has 24 heavy (non-hydrogen) atoms. The van der Waals surface area contributed by atoms with Gasteiger partial charge in [-0.1, -0.05) is 0 Å². The minimum atomic E-state index is -0.212. The van der Waals surface area contributed by atoms with Crippen LogP contribution in [0.15, 0.2) is 34.9 Å². The van der Waals surface area contributed by atoms with Crippen molar-refractivity contribution in [3.8, 4) is 0 Å². The van der Waals surface area contributed by atoms with Crippen molar-refractivity contribution >= 4 is 11.8 Å². The van der Waals surface area contributed by atoms with E-state index in [0.717, 1.165) is 36.0 Å². The molecule has 0 unspecified atom stereocenters. The average molecular weight is 328 g/mol. The van der Waals surface area contributed by atoms with Crippen molar-refractivity contribution < 1.29 is 9.21 Å². The first kappa shape index (κ1) is 16.4. The molecular formula is C18H24N4O2. The number of hydrogen-bond acceptors (Lipinski definition) is 4. The zero-order chi connectivity index (χ0) is 16.9. The van der Waals surface area contributed by atoms with Gasteiger partial charge in [0.05, 0.1) is 6.04 Å². The third-order valence-electron chi connectivity index (χ3n) is 4.23. The van der Waals surface area contributed by atoms with Gasteiger partial charge < -0.3 is 20.0 Å². The van der Waals surface area contributed by atoms with E-state index in [1.54, 1.807) is 6.20 Å². The molecule has 1 aliphatic rings. The maximum absolute atomic E-state index is 12.1. The van der Waals surface area contributed by atoms with Gasteiger partial charge in [-0.25, -0.2) is 9.78 Å². The highest BCUT2D eigenvalue weighted by Gasteiger charge is 2.15. The summed E-state index contributed by atoms with van der Waals surface area (Å²) < 4.78 is 5.53. The van der Waals surface area contributed by atoms with Crippen LogP contribution in [0.4, 0.5) is 10.6 Å². The van der Waals surface area contributed by atoms with Crippen molar-refractivity contribution in [3.63, 3.8) is 0 Å². The lowest BCUT2D eigenvalue weighted by molar-refractivity contribution is 0.235. The zero-order valence-corrected chi connectivity index (χ0v) is 14.2. The van der Waals surface area contributed by atoms with Gasteiger partial charge in [0.15, 0.2) is 0 Å². The topological polar surface area (TPSA) is 70.4 Å². The first-order valence-electron chi connectivity index (χ1n) is 8.42. The summed E-state index contributed by atoms with van der Waals surface area (Å²) in [7, 11) is 0. The first-order valence-corrected chi connectivity index (χ1v) is 8.42. The van der Waals surface area contributed by atoms with Crippen LogP contribution in [-0.4, -0.2) is 24.1 Å².